The van der Waals surface area contributed by atoms with Gasteiger partial charge in [0, 0.05) is 13.5 Å². The zero-order valence-electron chi connectivity index (χ0n) is 8.99. The summed E-state index contributed by atoms with van der Waals surface area (Å²) in [4.78, 5) is 21.7. The third-order valence-electron chi connectivity index (χ3n) is 1.80. The molecule has 5 nitrogen and oxygen atoms in total. The summed E-state index contributed by atoms with van der Waals surface area (Å²) in [5, 5.41) is 11.1. The van der Waals surface area contributed by atoms with Crippen LogP contribution in [0.25, 0.3) is 0 Å². The van der Waals surface area contributed by atoms with Crippen molar-refractivity contribution in [2.45, 2.75) is 18.9 Å². The highest BCUT2D eigenvalue weighted by atomic mass is 32.2. The average molecular weight is 235 g/mol. The number of carbonyl (C=O) groups excluding carboxylic acids is 1. The molecule has 0 saturated heterocycles. The second-order valence-electron chi connectivity index (χ2n) is 2.96. The van der Waals surface area contributed by atoms with Crippen molar-refractivity contribution >= 4 is 23.6 Å². The molecule has 1 unspecified atom stereocenters. The van der Waals surface area contributed by atoms with Crippen molar-refractivity contribution in [2.75, 3.05) is 25.7 Å². The van der Waals surface area contributed by atoms with Crippen molar-refractivity contribution in [2.24, 2.45) is 0 Å². The first-order valence-corrected chi connectivity index (χ1v) is 6.02. The highest BCUT2D eigenvalue weighted by Crippen LogP contribution is 1.99. The highest BCUT2D eigenvalue weighted by molar-refractivity contribution is 7.98. The summed E-state index contributed by atoms with van der Waals surface area (Å²) in [6.45, 7) is 0.0178. The van der Waals surface area contributed by atoms with Crippen LogP contribution in [0, 0.1) is 0 Å². The summed E-state index contributed by atoms with van der Waals surface area (Å²) in [5.74, 6) is -0.269. The Hall–Kier alpha value is -0.750. The Bertz CT molecular complexity index is 210. The van der Waals surface area contributed by atoms with E-state index in [2.05, 4.69) is 10.1 Å². The van der Waals surface area contributed by atoms with E-state index in [0.717, 1.165) is 12.2 Å². The van der Waals surface area contributed by atoms with Gasteiger partial charge in [-0.25, -0.2) is 4.79 Å². The second-order valence-corrected chi connectivity index (χ2v) is 3.95. The lowest BCUT2D eigenvalue weighted by Crippen LogP contribution is -2.37. The van der Waals surface area contributed by atoms with Crippen molar-refractivity contribution in [1.29, 1.82) is 0 Å². The molecule has 6 heteroatoms. The standard InChI is InChI=1S/C9H17NO4S/c1-14-7(9(12)13)6-10-8(11)4-3-5-15-2/h7H,3-6H2,1-2H3,(H,10,11)(H,12,13). The van der Waals surface area contributed by atoms with Crippen molar-refractivity contribution in [1.82, 2.24) is 5.32 Å². The summed E-state index contributed by atoms with van der Waals surface area (Å²) in [6.07, 6.45) is 2.24. The molecule has 0 aliphatic rings. The molecule has 2 N–H and O–H groups in total. The number of aliphatic carboxylic acids is 1. The molecule has 0 aliphatic heterocycles. The molecule has 0 aromatic heterocycles. The van der Waals surface area contributed by atoms with Gasteiger partial charge in [-0.2, -0.15) is 11.8 Å². The van der Waals surface area contributed by atoms with Gasteiger partial charge in [-0.15, -0.1) is 0 Å². The van der Waals surface area contributed by atoms with Gasteiger partial charge in [0.15, 0.2) is 6.10 Å². The quantitative estimate of drug-likeness (QED) is 0.594. The number of carbonyl (C=O) groups is 2. The fourth-order valence-electron chi connectivity index (χ4n) is 0.943. The van der Waals surface area contributed by atoms with E-state index >= 15 is 0 Å². The number of hydrogen-bond donors (Lipinski definition) is 2. The molecule has 0 radical (unpaired) electrons. The summed E-state index contributed by atoms with van der Waals surface area (Å²) >= 11 is 1.68. The minimum absolute atomic E-state index is 0.0178. The number of thioether (sulfide) groups is 1. The maximum absolute atomic E-state index is 11.2. The Kier molecular flexibility index (Phi) is 8.12. The number of carboxylic acids is 1. The maximum Gasteiger partial charge on any atom is 0.334 e. The molecule has 0 aromatic rings. The summed E-state index contributed by atoms with van der Waals surface area (Å²) in [7, 11) is 1.30. The molecule has 0 aliphatic carbocycles. The maximum atomic E-state index is 11.2. The van der Waals surface area contributed by atoms with Crippen LogP contribution in [0.4, 0.5) is 0 Å². The lowest BCUT2D eigenvalue weighted by Gasteiger charge is -2.11. The summed E-state index contributed by atoms with van der Waals surface area (Å²) in [5.41, 5.74) is 0. The van der Waals surface area contributed by atoms with E-state index in [9.17, 15) is 9.59 Å². The molecule has 1 amide bonds. The van der Waals surface area contributed by atoms with Gasteiger partial charge >= 0.3 is 5.97 Å². The van der Waals surface area contributed by atoms with Crippen LogP contribution in [0.5, 0.6) is 0 Å². The predicted molar refractivity (Wildman–Crippen MR) is 59.1 cm³/mol. The molecule has 0 spiro atoms. The third kappa shape index (κ3) is 7.21. The van der Waals surface area contributed by atoms with E-state index in [-0.39, 0.29) is 12.5 Å². The van der Waals surface area contributed by atoms with Gasteiger partial charge in [-0.05, 0) is 18.4 Å². The fraction of sp³-hybridized carbons (Fsp3) is 0.778. The Morgan fingerprint density at radius 2 is 2.20 bits per heavy atom. The fourth-order valence-corrected chi connectivity index (χ4v) is 1.38. The van der Waals surface area contributed by atoms with Crippen molar-refractivity contribution < 1.29 is 19.4 Å². The van der Waals surface area contributed by atoms with E-state index in [4.69, 9.17) is 5.11 Å². The molecule has 0 aromatic carbocycles. The SMILES string of the molecule is COC(CNC(=O)CCCSC)C(=O)O. The number of ether oxygens (including phenoxy) is 1. The number of amides is 1. The number of carboxylic acid groups (broad SMARTS) is 1. The smallest absolute Gasteiger partial charge is 0.334 e. The molecule has 0 fully saturated rings. The van der Waals surface area contributed by atoms with E-state index in [1.165, 1.54) is 7.11 Å². The number of hydrogen-bond acceptors (Lipinski definition) is 4. The molecule has 0 bridgehead atoms. The van der Waals surface area contributed by atoms with E-state index in [1.807, 2.05) is 6.26 Å². The van der Waals surface area contributed by atoms with E-state index < -0.39 is 12.1 Å². The number of rotatable bonds is 8. The number of nitrogens with one attached hydrogen (secondary N) is 1. The molecule has 0 rings (SSSR count). The van der Waals surface area contributed by atoms with Crippen LogP contribution < -0.4 is 5.32 Å². The minimum atomic E-state index is -1.07. The first-order chi connectivity index (χ1) is 7.11. The zero-order chi connectivity index (χ0) is 11.7. The van der Waals surface area contributed by atoms with Gasteiger partial charge in [0.25, 0.3) is 0 Å². The van der Waals surface area contributed by atoms with Gasteiger partial charge in [-0.3, -0.25) is 4.79 Å². The van der Waals surface area contributed by atoms with Gasteiger partial charge in [-0.1, -0.05) is 0 Å². The van der Waals surface area contributed by atoms with Crippen LogP contribution in [0.2, 0.25) is 0 Å². The van der Waals surface area contributed by atoms with Crippen LogP contribution in [0.15, 0.2) is 0 Å². The monoisotopic (exact) mass is 235 g/mol. The lowest BCUT2D eigenvalue weighted by molar-refractivity contribution is -0.148. The summed E-state index contributed by atoms with van der Waals surface area (Å²) < 4.78 is 4.67. The molecular formula is C9H17NO4S. The number of methoxy groups -OCH3 is 1. The molecule has 1 atom stereocenters. The van der Waals surface area contributed by atoms with Gasteiger partial charge < -0.3 is 15.2 Å². The van der Waals surface area contributed by atoms with Crippen LogP contribution in [-0.4, -0.2) is 48.8 Å². The largest absolute Gasteiger partial charge is 0.479 e. The molecular weight excluding hydrogens is 218 g/mol. The van der Waals surface area contributed by atoms with Crippen LogP contribution in [0.1, 0.15) is 12.8 Å². The summed E-state index contributed by atoms with van der Waals surface area (Å²) in [6, 6.07) is 0. The molecule has 88 valence electrons. The first kappa shape index (κ1) is 14.2. The predicted octanol–water partition coefficient (Wildman–Crippen LogP) is 0.345. The molecule has 0 saturated carbocycles. The Morgan fingerprint density at radius 1 is 1.53 bits per heavy atom. The normalized spacial score (nSPS) is 12.1. The van der Waals surface area contributed by atoms with Crippen molar-refractivity contribution in [3.63, 3.8) is 0 Å². The van der Waals surface area contributed by atoms with Crippen LogP contribution in [0.3, 0.4) is 0 Å². The van der Waals surface area contributed by atoms with Crippen molar-refractivity contribution in [3.05, 3.63) is 0 Å². The second kappa shape index (κ2) is 8.55. The minimum Gasteiger partial charge on any atom is -0.479 e. The third-order valence-corrected chi connectivity index (χ3v) is 2.49. The average Bonchev–Trinajstić information content (AvgIpc) is 2.18. The van der Waals surface area contributed by atoms with Gasteiger partial charge in [0.05, 0.1) is 6.54 Å². The van der Waals surface area contributed by atoms with Crippen LogP contribution >= 0.6 is 11.8 Å². The molecule has 0 heterocycles. The highest BCUT2D eigenvalue weighted by Gasteiger charge is 2.16. The van der Waals surface area contributed by atoms with Crippen LogP contribution in [-0.2, 0) is 14.3 Å². The van der Waals surface area contributed by atoms with E-state index in [0.29, 0.717) is 6.42 Å². The van der Waals surface area contributed by atoms with Gasteiger partial charge in [0.1, 0.15) is 0 Å². The van der Waals surface area contributed by atoms with E-state index in [1.54, 1.807) is 11.8 Å². The zero-order valence-corrected chi connectivity index (χ0v) is 9.80. The van der Waals surface area contributed by atoms with Crippen molar-refractivity contribution in [3.8, 4) is 0 Å². The van der Waals surface area contributed by atoms with Gasteiger partial charge in [0.2, 0.25) is 5.91 Å². The molecule has 15 heavy (non-hydrogen) atoms. The topological polar surface area (TPSA) is 75.6 Å². The lowest BCUT2D eigenvalue weighted by atomic mass is 10.3. The Balaban J connectivity index is 3.64. The first-order valence-electron chi connectivity index (χ1n) is 4.63. The Morgan fingerprint density at radius 3 is 2.67 bits per heavy atom. The Labute approximate surface area is 93.6 Å².